The molecule has 1 aromatic carbocycles. The Hall–Kier alpha value is -2.02. The van der Waals surface area contributed by atoms with Gasteiger partial charge in [-0.15, -0.1) is 5.10 Å². The second-order valence-electron chi connectivity index (χ2n) is 3.67. The number of benzene rings is 1. The summed E-state index contributed by atoms with van der Waals surface area (Å²) in [5.74, 6) is 0.869. The highest BCUT2D eigenvalue weighted by Gasteiger charge is 2.06. The van der Waals surface area contributed by atoms with Crippen LogP contribution >= 0.6 is 11.8 Å². The number of aryl methyl sites for hydroxylation is 1. The third-order valence-corrected chi connectivity index (χ3v) is 2.93. The van der Waals surface area contributed by atoms with Crippen molar-refractivity contribution in [1.29, 1.82) is 0 Å². The van der Waals surface area contributed by atoms with E-state index in [1.807, 2.05) is 6.92 Å². The smallest absolute Gasteiger partial charge is 0.234 e. The molecular weight excluding hydrogens is 250 g/mol. The number of amides is 1. The van der Waals surface area contributed by atoms with E-state index in [0.717, 1.165) is 5.82 Å². The Labute approximate surface area is 108 Å². The van der Waals surface area contributed by atoms with Crippen LogP contribution in [0.15, 0.2) is 29.4 Å². The number of nitrogen functional groups attached to an aromatic ring is 1. The Morgan fingerprint density at radius 1 is 1.56 bits per heavy atom. The summed E-state index contributed by atoms with van der Waals surface area (Å²) in [6.45, 7) is 1.81. The molecule has 0 bridgehead atoms. The summed E-state index contributed by atoms with van der Waals surface area (Å²) >= 11 is 1.28. The summed E-state index contributed by atoms with van der Waals surface area (Å²) in [7, 11) is 0. The van der Waals surface area contributed by atoms with Crippen molar-refractivity contribution >= 4 is 29.0 Å². The Bertz CT molecular complexity index is 554. The number of nitrogens with two attached hydrogens (primary N) is 1. The number of aromatic nitrogens is 3. The number of carbonyl (C=O) groups excluding carboxylic acids is 1. The number of rotatable bonds is 4. The first-order valence-electron chi connectivity index (χ1n) is 5.30. The maximum atomic E-state index is 11.7. The van der Waals surface area contributed by atoms with Crippen LogP contribution in [0.5, 0.6) is 0 Å². The lowest BCUT2D eigenvalue weighted by molar-refractivity contribution is -0.113. The molecule has 0 aliphatic heterocycles. The zero-order chi connectivity index (χ0) is 13.0. The van der Waals surface area contributed by atoms with E-state index in [2.05, 4.69) is 20.5 Å². The summed E-state index contributed by atoms with van der Waals surface area (Å²) in [6.07, 6.45) is 0. The maximum absolute atomic E-state index is 11.7. The molecule has 18 heavy (non-hydrogen) atoms. The first-order chi connectivity index (χ1) is 8.63. The Morgan fingerprint density at radius 2 is 2.39 bits per heavy atom. The van der Waals surface area contributed by atoms with Gasteiger partial charge in [-0.3, -0.25) is 9.89 Å². The van der Waals surface area contributed by atoms with Gasteiger partial charge in [0.05, 0.1) is 5.75 Å². The summed E-state index contributed by atoms with van der Waals surface area (Å²) < 4.78 is 0. The van der Waals surface area contributed by atoms with Crippen molar-refractivity contribution in [2.75, 3.05) is 16.8 Å². The fourth-order valence-electron chi connectivity index (χ4n) is 1.33. The third-order valence-electron chi connectivity index (χ3n) is 2.08. The molecule has 2 rings (SSSR count). The minimum atomic E-state index is -0.118. The number of carbonyl (C=O) groups is 1. The summed E-state index contributed by atoms with van der Waals surface area (Å²) in [6, 6.07) is 7.05. The monoisotopic (exact) mass is 263 g/mol. The third kappa shape index (κ3) is 3.49. The molecule has 1 heterocycles. The minimum absolute atomic E-state index is 0.118. The van der Waals surface area contributed by atoms with E-state index < -0.39 is 0 Å². The van der Waals surface area contributed by atoms with Gasteiger partial charge < -0.3 is 11.1 Å². The normalized spacial score (nSPS) is 10.3. The van der Waals surface area contributed by atoms with Crippen LogP contribution in [0.2, 0.25) is 0 Å². The fourth-order valence-corrected chi connectivity index (χ4v) is 1.97. The standard InChI is InChI=1S/C11H13N5OS/c1-7-13-11(16-15-7)18-6-10(17)14-9-4-2-3-8(12)5-9/h2-5H,6,12H2,1H3,(H,14,17)(H,13,15,16). The number of anilines is 2. The molecule has 6 nitrogen and oxygen atoms in total. The van der Waals surface area contributed by atoms with Crippen molar-refractivity contribution in [1.82, 2.24) is 15.2 Å². The Morgan fingerprint density at radius 3 is 3.06 bits per heavy atom. The van der Waals surface area contributed by atoms with Crippen molar-refractivity contribution in [3.63, 3.8) is 0 Å². The van der Waals surface area contributed by atoms with Gasteiger partial charge in [-0.1, -0.05) is 17.8 Å². The van der Waals surface area contributed by atoms with Crippen LogP contribution in [0, 0.1) is 6.92 Å². The molecule has 0 saturated carbocycles. The van der Waals surface area contributed by atoms with E-state index in [1.165, 1.54) is 11.8 Å². The maximum Gasteiger partial charge on any atom is 0.234 e. The van der Waals surface area contributed by atoms with Crippen molar-refractivity contribution in [2.45, 2.75) is 12.1 Å². The quantitative estimate of drug-likeness (QED) is 0.572. The van der Waals surface area contributed by atoms with Gasteiger partial charge in [0.1, 0.15) is 5.82 Å². The van der Waals surface area contributed by atoms with Crippen LogP contribution < -0.4 is 11.1 Å². The number of nitrogens with zero attached hydrogens (tertiary/aromatic N) is 2. The lowest BCUT2D eigenvalue weighted by Crippen LogP contribution is -2.14. The number of thioether (sulfide) groups is 1. The van der Waals surface area contributed by atoms with Gasteiger partial charge in [-0.05, 0) is 25.1 Å². The molecule has 0 saturated heterocycles. The van der Waals surface area contributed by atoms with Crippen molar-refractivity contribution in [2.24, 2.45) is 0 Å². The van der Waals surface area contributed by atoms with E-state index >= 15 is 0 Å². The Balaban J connectivity index is 1.85. The molecule has 1 aromatic heterocycles. The zero-order valence-corrected chi connectivity index (χ0v) is 10.6. The average molecular weight is 263 g/mol. The molecule has 0 radical (unpaired) electrons. The van der Waals surface area contributed by atoms with Crippen LogP contribution in [0.3, 0.4) is 0 Å². The Kier molecular flexibility index (Phi) is 3.83. The molecule has 0 aliphatic rings. The minimum Gasteiger partial charge on any atom is -0.399 e. The predicted octanol–water partition coefficient (Wildman–Crippen LogP) is 1.43. The number of nitrogens with one attached hydrogen (secondary N) is 2. The number of hydrogen-bond donors (Lipinski definition) is 3. The highest BCUT2D eigenvalue weighted by atomic mass is 32.2. The molecule has 0 spiro atoms. The van der Waals surface area contributed by atoms with Gasteiger partial charge >= 0.3 is 0 Å². The van der Waals surface area contributed by atoms with Gasteiger partial charge in [0.25, 0.3) is 0 Å². The van der Waals surface area contributed by atoms with E-state index in [9.17, 15) is 4.79 Å². The van der Waals surface area contributed by atoms with Crippen molar-refractivity contribution in [3.8, 4) is 0 Å². The number of aromatic amines is 1. The average Bonchev–Trinajstić information content (AvgIpc) is 2.73. The van der Waals surface area contributed by atoms with Gasteiger partial charge in [-0.2, -0.15) is 0 Å². The number of hydrogen-bond acceptors (Lipinski definition) is 5. The molecule has 2 aromatic rings. The second-order valence-corrected chi connectivity index (χ2v) is 4.61. The first kappa shape index (κ1) is 12.4. The highest BCUT2D eigenvalue weighted by Crippen LogP contribution is 2.15. The van der Waals surface area contributed by atoms with Gasteiger partial charge in [0, 0.05) is 11.4 Å². The molecule has 1 amide bonds. The lowest BCUT2D eigenvalue weighted by atomic mass is 10.3. The van der Waals surface area contributed by atoms with Crippen LogP contribution in [-0.4, -0.2) is 26.8 Å². The van der Waals surface area contributed by atoms with Crippen LogP contribution in [0.25, 0.3) is 0 Å². The topological polar surface area (TPSA) is 96.7 Å². The molecule has 0 fully saturated rings. The summed E-state index contributed by atoms with van der Waals surface area (Å²) in [5, 5.41) is 9.97. The SMILES string of the molecule is Cc1nc(SCC(=O)Nc2cccc(N)c2)n[nH]1. The van der Waals surface area contributed by atoms with Crippen LogP contribution in [0.1, 0.15) is 5.82 Å². The predicted molar refractivity (Wildman–Crippen MR) is 71.3 cm³/mol. The summed E-state index contributed by atoms with van der Waals surface area (Å²) in [5.41, 5.74) is 6.92. The molecule has 4 N–H and O–H groups in total. The molecule has 0 atom stereocenters. The highest BCUT2D eigenvalue weighted by molar-refractivity contribution is 7.99. The van der Waals surface area contributed by atoms with Crippen molar-refractivity contribution in [3.05, 3.63) is 30.1 Å². The molecule has 0 aliphatic carbocycles. The zero-order valence-electron chi connectivity index (χ0n) is 9.80. The first-order valence-corrected chi connectivity index (χ1v) is 6.29. The lowest BCUT2D eigenvalue weighted by Gasteiger charge is -2.04. The van der Waals surface area contributed by atoms with Crippen LogP contribution in [0.4, 0.5) is 11.4 Å². The molecule has 7 heteroatoms. The van der Waals surface area contributed by atoms with E-state index in [4.69, 9.17) is 5.73 Å². The largest absolute Gasteiger partial charge is 0.399 e. The van der Waals surface area contributed by atoms with Crippen molar-refractivity contribution < 1.29 is 4.79 Å². The van der Waals surface area contributed by atoms with E-state index in [1.54, 1.807) is 24.3 Å². The van der Waals surface area contributed by atoms with Gasteiger partial charge in [0.2, 0.25) is 11.1 Å². The molecular formula is C11H13N5OS. The van der Waals surface area contributed by atoms with E-state index in [-0.39, 0.29) is 11.7 Å². The van der Waals surface area contributed by atoms with E-state index in [0.29, 0.717) is 16.5 Å². The molecule has 0 unspecified atom stereocenters. The second kappa shape index (κ2) is 5.54. The molecule has 94 valence electrons. The van der Waals surface area contributed by atoms with Gasteiger partial charge in [-0.25, -0.2) is 4.98 Å². The number of H-pyrrole nitrogens is 1. The van der Waals surface area contributed by atoms with Crippen LogP contribution in [-0.2, 0) is 4.79 Å². The summed E-state index contributed by atoms with van der Waals surface area (Å²) in [4.78, 5) is 15.8. The fraction of sp³-hybridized carbons (Fsp3) is 0.182. The van der Waals surface area contributed by atoms with Gasteiger partial charge in [0.15, 0.2) is 0 Å².